The van der Waals surface area contributed by atoms with Crippen LogP contribution < -0.4 is 5.32 Å². The predicted octanol–water partition coefficient (Wildman–Crippen LogP) is 0.440. The van der Waals surface area contributed by atoms with Crippen molar-refractivity contribution >= 4 is 0 Å². The molecule has 1 aliphatic rings. The zero-order chi connectivity index (χ0) is 10.1. The highest BCUT2D eigenvalue weighted by atomic mass is 16.3. The molecule has 1 heterocycles. The summed E-state index contributed by atoms with van der Waals surface area (Å²) in [6, 6.07) is 0.781. The molecule has 0 aromatic carbocycles. The Kier molecular flexibility index (Phi) is 3.33. The molecule has 1 saturated heterocycles. The highest BCUT2D eigenvalue weighted by Crippen LogP contribution is 2.22. The molecule has 3 nitrogen and oxygen atoms in total. The highest BCUT2D eigenvalue weighted by Gasteiger charge is 2.37. The Morgan fingerprint density at radius 1 is 1.54 bits per heavy atom. The first-order chi connectivity index (χ1) is 5.95. The molecule has 0 aromatic rings. The van der Waals surface area contributed by atoms with Gasteiger partial charge in [-0.2, -0.15) is 0 Å². The maximum Gasteiger partial charge on any atom is 0.0898 e. The second-order valence-corrected chi connectivity index (χ2v) is 4.60. The van der Waals surface area contributed by atoms with Crippen molar-refractivity contribution in [1.82, 2.24) is 10.2 Å². The van der Waals surface area contributed by atoms with E-state index in [2.05, 4.69) is 31.1 Å². The fourth-order valence-electron chi connectivity index (χ4n) is 2.01. The molecule has 2 atom stereocenters. The lowest BCUT2D eigenvalue weighted by Gasteiger charge is -2.44. The van der Waals surface area contributed by atoms with E-state index < -0.39 is 5.60 Å². The summed E-state index contributed by atoms with van der Waals surface area (Å²) in [6.45, 7) is 7.96. The van der Waals surface area contributed by atoms with Gasteiger partial charge in [0.2, 0.25) is 0 Å². The molecular weight excluding hydrogens is 164 g/mol. The van der Waals surface area contributed by atoms with E-state index in [4.69, 9.17) is 0 Å². The van der Waals surface area contributed by atoms with E-state index in [9.17, 15) is 5.11 Å². The van der Waals surface area contributed by atoms with Crippen molar-refractivity contribution in [1.29, 1.82) is 0 Å². The van der Waals surface area contributed by atoms with Crippen LogP contribution in [-0.4, -0.2) is 47.8 Å². The molecular formula is C10H22N2O. The molecule has 0 aliphatic carbocycles. The van der Waals surface area contributed by atoms with E-state index in [0.29, 0.717) is 12.6 Å². The number of β-amino-alcohol motifs (C(OH)–C–C–N with tert-alkyl or cyclic N) is 1. The summed E-state index contributed by atoms with van der Waals surface area (Å²) < 4.78 is 0. The lowest BCUT2D eigenvalue weighted by molar-refractivity contribution is -0.0505. The molecule has 0 aromatic heterocycles. The van der Waals surface area contributed by atoms with Gasteiger partial charge in [-0.1, -0.05) is 0 Å². The molecule has 13 heavy (non-hydrogen) atoms. The van der Waals surface area contributed by atoms with Crippen LogP contribution in [0.25, 0.3) is 0 Å². The standard InChI is InChI=1S/C10H22N2O/c1-8(2)12(4)9-5-6-11-7-10(9,3)13/h8-9,11,13H,5-7H2,1-4H3/t9-,10-/m0/s1. The molecule has 0 radical (unpaired) electrons. The van der Waals surface area contributed by atoms with E-state index in [1.54, 1.807) is 0 Å². The molecule has 0 saturated carbocycles. The molecule has 1 rings (SSSR count). The van der Waals surface area contributed by atoms with Gasteiger partial charge < -0.3 is 10.4 Å². The van der Waals surface area contributed by atoms with E-state index in [-0.39, 0.29) is 6.04 Å². The predicted molar refractivity (Wildman–Crippen MR) is 54.8 cm³/mol. The number of nitrogens with zero attached hydrogens (tertiary/aromatic N) is 1. The molecule has 0 unspecified atom stereocenters. The largest absolute Gasteiger partial charge is 0.387 e. The summed E-state index contributed by atoms with van der Waals surface area (Å²) in [7, 11) is 2.09. The minimum absolute atomic E-state index is 0.286. The molecule has 1 fully saturated rings. The smallest absolute Gasteiger partial charge is 0.0898 e. The Balaban J connectivity index is 2.65. The highest BCUT2D eigenvalue weighted by molar-refractivity contribution is 4.95. The van der Waals surface area contributed by atoms with Gasteiger partial charge in [-0.15, -0.1) is 0 Å². The van der Waals surface area contributed by atoms with Gasteiger partial charge in [0, 0.05) is 18.6 Å². The van der Waals surface area contributed by atoms with Crippen LogP contribution in [0.15, 0.2) is 0 Å². The molecule has 1 aliphatic heterocycles. The van der Waals surface area contributed by atoms with Gasteiger partial charge in [0.1, 0.15) is 0 Å². The fraction of sp³-hybridized carbons (Fsp3) is 1.00. The van der Waals surface area contributed by atoms with Crippen LogP contribution in [-0.2, 0) is 0 Å². The fourth-order valence-corrected chi connectivity index (χ4v) is 2.01. The van der Waals surface area contributed by atoms with Gasteiger partial charge in [-0.05, 0) is 40.8 Å². The zero-order valence-electron chi connectivity index (χ0n) is 9.17. The van der Waals surface area contributed by atoms with Gasteiger partial charge >= 0.3 is 0 Å². The van der Waals surface area contributed by atoms with Crippen LogP contribution in [0.4, 0.5) is 0 Å². The summed E-state index contributed by atoms with van der Waals surface area (Å²) in [5.74, 6) is 0. The third kappa shape index (κ3) is 2.42. The normalized spacial score (nSPS) is 35.8. The van der Waals surface area contributed by atoms with Crippen molar-refractivity contribution in [3.8, 4) is 0 Å². The Morgan fingerprint density at radius 3 is 2.62 bits per heavy atom. The SMILES string of the molecule is CC(C)N(C)[C@H]1CCNC[C@]1(C)O. The Morgan fingerprint density at radius 2 is 2.15 bits per heavy atom. The topological polar surface area (TPSA) is 35.5 Å². The number of nitrogens with one attached hydrogen (secondary N) is 1. The van der Waals surface area contributed by atoms with Gasteiger partial charge in [0.15, 0.2) is 0 Å². The maximum absolute atomic E-state index is 10.1. The van der Waals surface area contributed by atoms with Crippen molar-refractivity contribution in [2.45, 2.75) is 44.9 Å². The Labute approximate surface area is 81.1 Å². The number of piperidine rings is 1. The van der Waals surface area contributed by atoms with Crippen LogP contribution in [0, 0.1) is 0 Å². The number of aliphatic hydroxyl groups is 1. The first kappa shape index (κ1) is 11.0. The molecule has 0 amide bonds. The van der Waals surface area contributed by atoms with Gasteiger partial charge in [0.05, 0.1) is 5.60 Å². The van der Waals surface area contributed by atoms with Crippen LogP contribution in [0.1, 0.15) is 27.2 Å². The third-order valence-electron chi connectivity index (χ3n) is 3.10. The Bertz CT molecular complexity index is 168. The van der Waals surface area contributed by atoms with Crippen LogP contribution >= 0.6 is 0 Å². The molecule has 78 valence electrons. The summed E-state index contributed by atoms with van der Waals surface area (Å²) in [6.07, 6.45) is 1.03. The first-order valence-corrected chi connectivity index (χ1v) is 5.10. The van der Waals surface area contributed by atoms with E-state index in [1.165, 1.54) is 0 Å². The van der Waals surface area contributed by atoms with Crippen molar-refractivity contribution in [2.75, 3.05) is 20.1 Å². The van der Waals surface area contributed by atoms with Gasteiger partial charge in [-0.3, -0.25) is 4.90 Å². The lowest BCUT2D eigenvalue weighted by Crippen LogP contribution is -2.60. The minimum Gasteiger partial charge on any atom is -0.387 e. The van der Waals surface area contributed by atoms with Crippen molar-refractivity contribution in [3.63, 3.8) is 0 Å². The summed E-state index contributed by atoms with van der Waals surface area (Å²) in [5.41, 5.74) is -0.586. The van der Waals surface area contributed by atoms with Crippen molar-refractivity contribution in [2.24, 2.45) is 0 Å². The second-order valence-electron chi connectivity index (χ2n) is 4.60. The molecule has 3 heteroatoms. The molecule has 2 N–H and O–H groups in total. The lowest BCUT2D eigenvalue weighted by atomic mass is 9.88. The summed E-state index contributed by atoms with van der Waals surface area (Å²) in [4.78, 5) is 2.26. The van der Waals surface area contributed by atoms with Crippen LogP contribution in [0.2, 0.25) is 0 Å². The maximum atomic E-state index is 10.1. The second kappa shape index (κ2) is 3.95. The quantitative estimate of drug-likeness (QED) is 0.657. The average molecular weight is 186 g/mol. The summed E-state index contributed by atoms with van der Waals surface area (Å²) >= 11 is 0. The number of hydrogen-bond donors (Lipinski definition) is 2. The van der Waals surface area contributed by atoms with E-state index in [1.807, 2.05) is 6.92 Å². The zero-order valence-corrected chi connectivity index (χ0v) is 9.17. The van der Waals surface area contributed by atoms with Gasteiger partial charge in [0.25, 0.3) is 0 Å². The van der Waals surface area contributed by atoms with E-state index in [0.717, 1.165) is 13.0 Å². The Hall–Kier alpha value is -0.120. The van der Waals surface area contributed by atoms with Crippen LogP contribution in [0.5, 0.6) is 0 Å². The molecule has 0 bridgehead atoms. The monoisotopic (exact) mass is 186 g/mol. The summed E-state index contributed by atoms with van der Waals surface area (Å²) in [5, 5.41) is 13.4. The van der Waals surface area contributed by atoms with Crippen molar-refractivity contribution < 1.29 is 5.11 Å². The number of hydrogen-bond acceptors (Lipinski definition) is 3. The first-order valence-electron chi connectivity index (χ1n) is 5.10. The van der Waals surface area contributed by atoms with Crippen LogP contribution in [0.3, 0.4) is 0 Å². The van der Waals surface area contributed by atoms with Crippen molar-refractivity contribution in [3.05, 3.63) is 0 Å². The third-order valence-corrected chi connectivity index (χ3v) is 3.10. The average Bonchev–Trinajstić information content (AvgIpc) is 2.02. The number of likely N-dealkylation sites (N-methyl/N-ethyl adjacent to an activating group) is 1. The minimum atomic E-state index is -0.586. The van der Waals surface area contributed by atoms with Gasteiger partial charge in [-0.25, -0.2) is 0 Å². The molecule has 0 spiro atoms. The number of rotatable bonds is 2. The van der Waals surface area contributed by atoms with E-state index >= 15 is 0 Å².